The number of hydrogen-bond donors (Lipinski definition) is 1. The molecule has 0 saturated heterocycles. The smallest absolute Gasteiger partial charge is 0.122 e. The van der Waals surface area contributed by atoms with Crippen LogP contribution < -0.4 is 4.74 Å². The molecule has 1 aromatic rings. The second kappa shape index (κ2) is 4.69. The Morgan fingerprint density at radius 1 is 1.35 bits per heavy atom. The van der Waals surface area contributed by atoms with Crippen LogP contribution in [0.2, 0.25) is 0 Å². The Bertz CT molecular complexity index is 392. The lowest BCUT2D eigenvalue weighted by molar-refractivity contribution is 0.210. The Balaban J connectivity index is 2.26. The summed E-state index contributed by atoms with van der Waals surface area (Å²) in [5.74, 6) is 1.48. The maximum absolute atomic E-state index is 9.42. The quantitative estimate of drug-likeness (QED) is 0.848. The summed E-state index contributed by atoms with van der Waals surface area (Å²) < 4.78 is 5.42. The zero-order chi connectivity index (χ0) is 12.5. The van der Waals surface area contributed by atoms with Gasteiger partial charge in [0.05, 0.1) is 7.11 Å². The van der Waals surface area contributed by atoms with Crippen molar-refractivity contribution in [2.75, 3.05) is 13.7 Å². The van der Waals surface area contributed by atoms with Crippen LogP contribution in [0.25, 0.3) is 0 Å². The Morgan fingerprint density at radius 3 is 2.53 bits per heavy atom. The van der Waals surface area contributed by atoms with Gasteiger partial charge in [0.15, 0.2) is 0 Å². The zero-order valence-electron chi connectivity index (χ0n) is 11.0. The summed E-state index contributed by atoms with van der Waals surface area (Å²) in [7, 11) is 1.71. The molecular formula is C15H22O2. The number of aliphatic hydroxyl groups excluding tert-OH is 1. The molecule has 0 unspecified atom stereocenters. The fourth-order valence-electron chi connectivity index (χ4n) is 2.27. The Morgan fingerprint density at radius 2 is 2.06 bits per heavy atom. The minimum absolute atomic E-state index is 0.142. The molecule has 17 heavy (non-hydrogen) atoms. The van der Waals surface area contributed by atoms with E-state index < -0.39 is 0 Å². The summed E-state index contributed by atoms with van der Waals surface area (Å²) in [6.45, 7) is 4.69. The Labute approximate surface area is 104 Å². The summed E-state index contributed by atoms with van der Waals surface area (Å²) in [6, 6.07) is 6.42. The number of hydrogen-bond acceptors (Lipinski definition) is 2. The molecule has 0 bridgehead atoms. The van der Waals surface area contributed by atoms with Crippen molar-refractivity contribution in [3.8, 4) is 5.75 Å². The van der Waals surface area contributed by atoms with Crippen molar-refractivity contribution in [3.63, 3.8) is 0 Å². The molecule has 94 valence electrons. The highest BCUT2D eigenvalue weighted by molar-refractivity contribution is 5.39. The highest BCUT2D eigenvalue weighted by Gasteiger charge is 2.42. The van der Waals surface area contributed by atoms with E-state index in [9.17, 15) is 5.11 Å². The largest absolute Gasteiger partial charge is 0.496 e. The van der Waals surface area contributed by atoms with E-state index in [4.69, 9.17) is 4.74 Å². The van der Waals surface area contributed by atoms with Gasteiger partial charge in [-0.1, -0.05) is 26.0 Å². The number of rotatable bonds is 5. The third kappa shape index (κ3) is 2.63. The third-order valence-electron chi connectivity index (χ3n) is 3.83. The first-order valence-electron chi connectivity index (χ1n) is 6.38. The molecule has 0 spiro atoms. The molecule has 1 aromatic carbocycles. The van der Waals surface area contributed by atoms with Crippen molar-refractivity contribution < 1.29 is 9.84 Å². The van der Waals surface area contributed by atoms with Crippen LogP contribution in [0.5, 0.6) is 5.75 Å². The number of benzene rings is 1. The molecule has 0 amide bonds. The van der Waals surface area contributed by atoms with Crippen LogP contribution in [0.3, 0.4) is 0 Å². The predicted molar refractivity (Wildman–Crippen MR) is 69.5 cm³/mol. The second-order valence-electron chi connectivity index (χ2n) is 5.56. The van der Waals surface area contributed by atoms with E-state index in [-0.39, 0.29) is 5.41 Å². The molecule has 2 heteroatoms. The summed E-state index contributed by atoms with van der Waals surface area (Å²) >= 11 is 0. The van der Waals surface area contributed by atoms with Gasteiger partial charge in [-0.15, -0.1) is 0 Å². The highest BCUT2D eigenvalue weighted by atomic mass is 16.5. The maximum atomic E-state index is 9.42. The Kier molecular flexibility index (Phi) is 3.43. The van der Waals surface area contributed by atoms with Crippen molar-refractivity contribution in [2.24, 2.45) is 5.41 Å². The highest BCUT2D eigenvalue weighted by Crippen LogP contribution is 2.49. The monoisotopic (exact) mass is 234 g/mol. The second-order valence-corrected chi connectivity index (χ2v) is 5.56. The van der Waals surface area contributed by atoms with Gasteiger partial charge in [-0.2, -0.15) is 0 Å². The van der Waals surface area contributed by atoms with Crippen molar-refractivity contribution in [2.45, 2.75) is 39.0 Å². The minimum atomic E-state index is 0.142. The van der Waals surface area contributed by atoms with Crippen LogP contribution in [-0.4, -0.2) is 18.8 Å². The molecule has 0 heterocycles. The Hall–Kier alpha value is -1.02. The molecule has 0 radical (unpaired) electrons. The lowest BCUT2D eigenvalue weighted by Crippen LogP contribution is -2.11. The van der Waals surface area contributed by atoms with E-state index >= 15 is 0 Å². The van der Waals surface area contributed by atoms with Gasteiger partial charge in [-0.05, 0) is 47.8 Å². The van der Waals surface area contributed by atoms with E-state index in [2.05, 4.69) is 32.0 Å². The maximum Gasteiger partial charge on any atom is 0.122 e. The average Bonchev–Trinajstić information content (AvgIpc) is 3.09. The normalized spacial score (nSPS) is 17.2. The number of methoxy groups -OCH3 is 1. The van der Waals surface area contributed by atoms with E-state index in [0.717, 1.165) is 25.0 Å². The van der Waals surface area contributed by atoms with Crippen LogP contribution in [-0.2, 0) is 6.42 Å². The minimum Gasteiger partial charge on any atom is -0.496 e. The van der Waals surface area contributed by atoms with E-state index in [0.29, 0.717) is 12.5 Å². The fraction of sp³-hybridized carbons (Fsp3) is 0.600. The van der Waals surface area contributed by atoms with E-state index in [1.54, 1.807) is 7.11 Å². The molecule has 0 aliphatic heterocycles. The van der Waals surface area contributed by atoms with Crippen LogP contribution in [0.15, 0.2) is 18.2 Å². The van der Waals surface area contributed by atoms with Crippen LogP contribution in [0.4, 0.5) is 0 Å². The first kappa shape index (κ1) is 12.4. The summed E-state index contributed by atoms with van der Waals surface area (Å²) in [5, 5.41) is 9.42. The molecule has 1 fully saturated rings. The summed E-state index contributed by atoms with van der Waals surface area (Å²) in [5.41, 5.74) is 2.72. The molecule has 1 saturated carbocycles. The molecule has 0 atom stereocenters. The van der Waals surface area contributed by atoms with Crippen molar-refractivity contribution in [3.05, 3.63) is 29.3 Å². The van der Waals surface area contributed by atoms with Crippen LogP contribution in [0.1, 0.15) is 43.7 Å². The van der Waals surface area contributed by atoms with E-state index in [1.807, 2.05) is 0 Å². The van der Waals surface area contributed by atoms with Gasteiger partial charge in [-0.3, -0.25) is 0 Å². The molecule has 2 rings (SSSR count). The van der Waals surface area contributed by atoms with Crippen molar-refractivity contribution in [1.29, 1.82) is 0 Å². The van der Waals surface area contributed by atoms with Crippen molar-refractivity contribution >= 4 is 0 Å². The molecule has 1 N–H and O–H groups in total. The van der Waals surface area contributed by atoms with Gasteiger partial charge in [0.25, 0.3) is 0 Å². The van der Waals surface area contributed by atoms with Crippen LogP contribution in [0, 0.1) is 5.41 Å². The van der Waals surface area contributed by atoms with Crippen LogP contribution >= 0.6 is 0 Å². The lowest BCUT2D eigenvalue weighted by atomic mass is 9.93. The van der Waals surface area contributed by atoms with Crippen molar-refractivity contribution in [1.82, 2.24) is 0 Å². The van der Waals surface area contributed by atoms with Gasteiger partial charge < -0.3 is 9.84 Å². The first-order chi connectivity index (χ1) is 8.10. The lowest BCUT2D eigenvalue weighted by Gasteiger charge is -2.17. The first-order valence-corrected chi connectivity index (χ1v) is 6.38. The summed E-state index contributed by atoms with van der Waals surface area (Å²) in [6.07, 6.45) is 3.21. The predicted octanol–water partition coefficient (Wildman–Crippen LogP) is 3.13. The average molecular weight is 234 g/mol. The van der Waals surface area contributed by atoms with E-state index in [1.165, 1.54) is 11.1 Å². The van der Waals surface area contributed by atoms with Gasteiger partial charge in [0.2, 0.25) is 0 Å². The standard InChI is InChI=1S/C15H22O2/c1-11(2)12-4-5-14(17-3)13(8-12)9-15(10-16)6-7-15/h4-5,8,11,16H,6-7,9-10H2,1-3H3. The fourth-order valence-corrected chi connectivity index (χ4v) is 2.27. The number of aliphatic hydroxyl groups is 1. The molecule has 1 aliphatic rings. The molecular weight excluding hydrogens is 212 g/mol. The summed E-state index contributed by atoms with van der Waals surface area (Å²) in [4.78, 5) is 0. The van der Waals surface area contributed by atoms with Gasteiger partial charge >= 0.3 is 0 Å². The van der Waals surface area contributed by atoms with Gasteiger partial charge in [0, 0.05) is 6.61 Å². The number of ether oxygens (including phenoxy) is 1. The molecule has 2 nitrogen and oxygen atoms in total. The molecule has 1 aliphatic carbocycles. The van der Waals surface area contributed by atoms with Gasteiger partial charge in [-0.25, -0.2) is 0 Å². The SMILES string of the molecule is COc1ccc(C(C)C)cc1CC1(CO)CC1. The zero-order valence-corrected chi connectivity index (χ0v) is 11.0. The third-order valence-corrected chi connectivity index (χ3v) is 3.83. The van der Waals surface area contributed by atoms with Gasteiger partial charge in [0.1, 0.15) is 5.75 Å². The molecule has 0 aromatic heterocycles. The topological polar surface area (TPSA) is 29.5 Å².